The summed E-state index contributed by atoms with van der Waals surface area (Å²) >= 11 is 0. The maximum Gasteiger partial charge on any atom is 0.329 e. The van der Waals surface area contributed by atoms with Crippen molar-refractivity contribution in [3.8, 4) is 0 Å². The van der Waals surface area contributed by atoms with Crippen LogP contribution >= 0.6 is 0 Å². The summed E-state index contributed by atoms with van der Waals surface area (Å²) in [4.78, 5) is 36.8. The molecule has 0 saturated carbocycles. The standard InChI is InChI=1S/C22H24F2N2O4/c1-12(2)20(26-21(28)19-15(23)6-5-7-16(19)24)22(29)30-11-18(27)25-17-10-13(3)8-9-14(17)4/h5-10,12,20H,11H2,1-4H3,(H,25,27)(H,26,28)/t20-/m0/s1. The molecule has 0 aliphatic heterocycles. The largest absolute Gasteiger partial charge is 0.454 e. The van der Waals surface area contributed by atoms with Gasteiger partial charge in [0.05, 0.1) is 0 Å². The minimum absolute atomic E-state index is 0.446. The predicted molar refractivity (Wildman–Crippen MR) is 108 cm³/mol. The Bertz CT molecular complexity index is 940. The minimum Gasteiger partial charge on any atom is -0.454 e. The Hall–Kier alpha value is -3.29. The van der Waals surface area contributed by atoms with Gasteiger partial charge < -0.3 is 15.4 Å². The molecule has 2 aromatic carbocycles. The van der Waals surface area contributed by atoms with Crippen molar-refractivity contribution < 1.29 is 27.9 Å². The molecule has 2 rings (SSSR count). The van der Waals surface area contributed by atoms with Crippen molar-refractivity contribution in [3.63, 3.8) is 0 Å². The van der Waals surface area contributed by atoms with Gasteiger partial charge in [0.1, 0.15) is 23.2 Å². The van der Waals surface area contributed by atoms with Crippen LogP contribution in [0.1, 0.15) is 35.3 Å². The average molecular weight is 418 g/mol. The Morgan fingerprint density at radius 1 is 1.03 bits per heavy atom. The summed E-state index contributed by atoms with van der Waals surface area (Å²) < 4.78 is 32.6. The third kappa shape index (κ3) is 5.85. The number of esters is 1. The number of aryl methyl sites for hydroxylation is 2. The molecule has 160 valence electrons. The van der Waals surface area contributed by atoms with Crippen LogP contribution in [0.2, 0.25) is 0 Å². The molecule has 1 atom stereocenters. The van der Waals surface area contributed by atoms with Crippen LogP contribution in [0, 0.1) is 31.4 Å². The van der Waals surface area contributed by atoms with Crippen molar-refractivity contribution in [2.24, 2.45) is 5.92 Å². The molecule has 2 aromatic rings. The van der Waals surface area contributed by atoms with Crippen molar-refractivity contribution in [1.82, 2.24) is 5.32 Å². The Balaban J connectivity index is 2.01. The molecule has 6 nitrogen and oxygen atoms in total. The number of carbonyl (C=O) groups excluding carboxylic acids is 3. The van der Waals surface area contributed by atoms with E-state index in [0.29, 0.717) is 5.69 Å². The first kappa shape index (κ1) is 23.0. The monoisotopic (exact) mass is 418 g/mol. The van der Waals surface area contributed by atoms with Crippen LogP contribution in [0.5, 0.6) is 0 Å². The number of amides is 2. The number of rotatable bonds is 7. The number of benzene rings is 2. The van der Waals surface area contributed by atoms with E-state index < -0.39 is 53.5 Å². The molecule has 0 saturated heterocycles. The highest BCUT2D eigenvalue weighted by Crippen LogP contribution is 2.16. The average Bonchev–Trinajstić information content (AvgIpc) is 2.66. The first-order chi connectivity index (χ1) is 14.1. The number of anilines is 1. The lowest BCUT2D eigenvalue weighted by Crippen LogP contribution is -2.46. The highest BCUT2D eigenvalue weighted by atomic mass is 19.1. The minimum atomic E-state index is -1.19. The molecule has 0 fully saturated rings. The van der Waals surface area contributed by atoms with Crippen molar-refractivity contribution >= 4 is 23.5 Å². The van der Waals surface area contributed by atoms with Crippen LogP contribution < -0.4 is 10.6 Å². The van der Waals surface area contributed by atoms with Gasteiger partial charge in [-0.15, -0.1) is 0 Å². The SMILES string of the molecule is Cc1ccc(C)c(NC(=O)COC(=O)[C@@H](NC(=O)c2c(F)cccc2F)C(C)C)c1. The van der Waals surface area contributed by atoms with E-state index in [9.17, 15) is 23.2 Å². The summed E-state index contributed by atoms with van der Waals surface area (Å²) in [5, 5.41) is 4.93. The molecule has 0 aromatic heterocycles. The van der Waals surface area contributed by atoms with Gasteiger partial charge in [0, 0.05) is 5.69 Å². The quantitative estimate of drug-likeness (QED) is 0.674. The van der Waals surface area contributed by atoms with E-state index in [1.807, 2.05) is 26.0 Å². The van der Waals surface area contributed by atoms with Gasteiger partial charge in [-0.25, -0.2) is 13.6 Å². The molecular formula is C22H24F2N2O4. The van der Waals surface area contributed by atoms with Gasteiger partial charge in [-0.1, -0.05) is 32.0 Å². The lowest BCUT2D eigenvalue weighted by atomic mass is 10.0. The van der Waals surface area contributed by atoms with Gasteiger partial charge >= 0.3 is 5.97 Å². The number of hydrogen-bond donors (Lipinski definition) is 2. The first-order valence-electron chi connectivity index (χ1n) is 9.38. The Morgan fingerprint density at radius 3 is 2.27 bits per heavy atom. The smallest absolute Gasteiger partial charge is 0.329 e. The second-order valence-electron chi connectivity index (χ2n) is 7.27. The Labute approximate surface area is 173 Å². The van der Waals surface area contributed by atoms with E-state index in [4.69, 9.17) is 4.74 Å². The van der Waals surface area contributed by atoms with E-state index in [0.717, 1.165) is 29.3 Å². The molecule has 0 bridgehead atoms. The zero-order valence-electron chi connectivity index (χ0n) is 17.2. The maximum absolute atomic E-state index is 13.8. The van der Waals surface area contributed by atoms with Crippen LogP contribution in [-0.2, 0) is 14.3 Å². The second-order valence-corrected chi connectivity index (χ2v) is 7.27. The fraction of sp³-hybridized carbons (Fsp3) is 0.318. The molecule has 0 radical (unpaired) electrons. The maximum atomic E-state index is 13.8. The van der Waals surface area contributed by atoms with Crippen LogP contribution in [0.15, 0.2) is 36.4 Å². The third-order valence-electron chi connectivity index (χ3n) is 4.41. The van der Waals surface area contributed by atoms with Crippen molar-refractivity contribution in [2.45, 2.75) is 33.7 Å². The number of halogens is 2. The van der Waals surface area contributed by atoms with E-state index in [-0.39, 0.29) is 0 Å². The predicted octanol–water partition coefficient (Wildman–Crippen LogP) is 3.52. The normalized spacial score (nSPS) is 11.7. The Morgan fingerprint density at radius 2 is 1.67 bits per heavy atom. The number of nitrogens with one attached hydrogen (secondary N) is 2. The van der Waals surface area contributed by atoms with Crippen LogP contribution in [0.3, 0.4) is 0 Å². The third-order valence-corrected chi connectivity index (χ3v) is 4.41. The lowest BCUT2D eigenvalue weighted by Gasteiger charge is -2.21. The molecule has 0 unspecified atom stereocenters. The van der Waals surface area contributed by atoms with E-state index in [2.05, 4.69) is 10.6 Å². The highest BCUT2D eigenvalue weighted by Gasteiger charge is 2.29. The molecular weight excluding hydrogens is 394 g/mol. The van der Waals surface area contributed by atoms with Gasteiger partial charge in [-0.3, -0.25) is 9.59 Å². The zero-order chi connectivity index (χ0) is 22.4. The summed E-state index contributed by atoms with van der Waals surface area (Å²) in [6, 6.07) is 7.36. The fourth-order valence-electron chi connectivity index (χ4n) is 2.71. The van der Waals surface area contributed by atoms with Gasteiger partial charge in [0.15, 0.2) is 6.61 Å². The summed E-state index contributed by atoms with van der Waals surface area (Å²) in [6.07, 6.45) is 0. The summed E-state index contributed by atoms with van der Waals surface area (Å²) in [7, 11) is 0. The number of carbonyl (C=O) groups is 3. The summed E-state index contributed by atoms with van der Waals surface area (Å²) in [5.41, 5.74) is 1.61. The van der Waals surface area contributed by atoms with Crippen molar-refractivity contribution in [3.05, 3.63) is 64.7 Å². The van der Waals surface area contributed by atoms with Gasteiger partial charge in [0.25, 0.3) is 11.8 Å². The van der Waals surface area contributed by atoms with Gasteiger partial charge in [-0.2, -0.15) is 0 Å². The molecule has 8 heteroatoms. The second kappa shape index (κ2) is 9.96. The fourth-order valence-corrected chi connectivity index (χ4v) is 2.71. The molecule has 0 aliphatic rings. The Kier molecular flexibility index (Phi) is 7.63. The topological polar surface area (TPSA) is 84.5 Å². The molecule has 0 heterocycles. The molecule has 30 heavy (non-hydrogen) atoms. The molecule has 0 aliphatic carbocycles. The van der Waals surface area contributed by atoms with Gasteiger partial charge in [-0.05, 0) is 49.1 Å². The molecule has 2 amide bonds. The van der Waals surface area contributed by atoms with Crippen molar-refractivity contribution in [2.75, 3.05) is 11.9 Å². The van der Waals surface area contributed by atoms with Gasteiger partial charge in [0.2, 0.25) is 0 Å². The number of hydrogen-bond acceptors (Lipinski definition) is 4. The lowest BCUT2D eigenvalue weighted by molar-refractivity contribution is -0.150. The van der Waals surface area contributed by atoms with E-state index in [1.54, 1.807) is 19.9 Å². The van der Waals surface area contributed by atoms with Crippen LogP contribution in [0.4, 0.5) is 14.5 Å². The summed E-state index contributed by atoms with van der Waals surface area (Å²) in [5.74, 6) is -5.05. The number of ether oxygens (including phenoxy) is 1. The van der Waals surface area contributed by atoms with E-state index in [1.165, 1.54) is 0 Å². The van der Waals surface area contributed by atoms with Crippen LogP contribution in [-0.4, -0.2) is 30.4 Å². The zero-order valence-corrected chi connectivity index (χ0v) is 17.2. The van der Waals surface area contributed by atoms with Crippen LogP contribution in [0.25, 0.3) is 0 Å². The first-order valence-corrected chi connectivity index (χ1v) is 9.38. The van der Waals surface area contributed by atoms with Crippen molar-refractivity contribution in [1.29, 1.82) is 0 Å². The summed E-state index contributed by atoms with van der Waals surface area (Å²) in [6.45, 7) is 6.39. The highest BCUT2D eigenvalue weighted by molar-refractivity contribution is 5.98. The molecule has 0 spiro atoms. The molecule has 2 N–H and O–H groups in total. The van der Waals surface area contributed by atoms with E-state index >= 15 is 0 Å².